The summed E-state index contributed by atoms with van der Waals surface area (Å²) < 4.78 is 43.8. The molecule has 1 aliphatic rings. The van der Waals surface area contributed by atoms with Crippen LogP contribution in [0.5, 0.6) is 0 Å². The fourth-order valence-electron chi connectivity index (χ4n) is 4.12. The Morgan fingerprint density at radius 2 is 1.79 bits per heavy atom. The third kappa shape index (κ3) is 5.42. The molecule has 0 aromatic carbocycles. The summed E-state index contributed by atoms with van der Waals surface area (Å²) in [6, 6.07) is 0. The second kappa shape index (κ2) is 9.86. The SMILES string of the molecule is COCOC[C@@H]1C[C@@H](c2csc3c(S(=O)(=O)C(C)(C)C)ncnc23)C[C@@H]1O[Si](C)(C)C(C)(C)C. The maximum atomic E-state index is 13.2. The number of rotatable bonds is 8. The Labute approximate surface area is 209 Å². The predicted octanol–water partition coefficient (Wildman–Crippen LogP) is 5.77. The Balaban J connectivity index is 1.95. The standard InChI is InChI=1S/C24H40N2O5S2Si/c1-23(2,3)33(27,28)22-21-20(25-14-26-22)18(13-32-21)16-10-17(12-30-15-29-7)19(11-16)31-34(8,9)24(4,5)6/h13-14,16-17,19H,10-12,15H2,1-9H3/t16-,17+,19+/m1/s1. The lowest BCUT2D eigenvalue weighted by atomic mass is 9.98. The number of hydrogen-bond donors (Lipinski definition) is 0. The van der Waals surface area contributed by atoms with E-state index in [9.17, 15) is 8.42 Å². The van der Waals surface area contributed by atoms with Crippen LogP contribution < -0.4 is 0 Å². The highest BCUT2D eigenvalue weighted by Crippen LogP contribution is 2.47. The first kappa shape index (κ1) is 27.7. The summed E-state index contributed by atoms with van der Waals surface area (Å²) in [5, 5.41) is 2.31. The van der Waals surface area contributed by atoms with Crippen LogP contribution in [0.3, 0.4) is 0 Å². The van der Waals surface area contributed by atoms with Crippen molar-refractivity contribution in [3.63, 3.8) is 0 Å². The van der Waals surface area contributed by atoms with Crippen LogP contribution in [-0.4, -0.2) is 58.1 Å². The van der Waals surface area contributed by atoms with Crippen molar-refractivity contribution in [3.8, 4) is 0 Å². The quantitative estimate of drug-likeness (QED) is 0.186. The van der Waals surface area contributed by atoms with Crippen molar-refractivity contribution in [2.24, 2.45) is 5.92 Å². The lowest BCUT2D eigenvalue weighted by molar-refractivity contribution is -0.0540. The second-order valence-electron chi connectivity index (χ2n) is 11.8. The summed E-state index contributed by atoms with van der Waals surface area (Å²) in [6.07, 6.45) is 3.23. The Morgan fingerprint density at radius 1 is 1.12 bits per heavy atom. The summed E-state index contributed by atoms with van der Waals surface area (Å²) in [5.74, 6) is 0.462. The maximum absolute atomic E-state index is 13.2. The number of thiophene rings is 1. The molecule has 0 N–H and O–H groups in total. The highest BCUT2D eigenvalue weighted by molar-refractivity contribution is 7.93. The van der Waals surface area contributed by atoms with Crippen molar-refractivity contribution in [1.29, 1.82) is 0 Å². The molecule has 0 bridgehead atoms. The minimum absolute atomic E-state index is 0.0808. The van der Waals surface area contributed by atoms with Crippen LogP contribution in [0.25, 0.3) is 10.2 Å². The van der Waals surface area contributed by atoms with Gasteiger partial charge in [-0.1, -0.05) is 20.8 Å². The topological polar surface area (TPSA) is 87.6 Å². The number of nitrogens with zero attached hydrogens (tertiary/aromatic N) is 2. The van der Waals surface area contributed by atoms with E-state index in [0.717, 1.165) is 23.9 Å². The van der Waals surface area contributed by atoms with Gasteiger partial charge in [0.15, 0.2) is 13.3 Å². The van der Waals surface area contributed by atoms with E-state index >= 15 is 0 Å². The molecule has 3 rings (SSSR count). The maximum Gasteiger partial charge on any atom is 0.202 e. The number of ether oxygens (including phenoxy) is 2. The number of sulfone groups is 1. The van der Waals surface area contributed by atoms with Gasteiger partial charge in [-0.15, -0.1) is 11.3 Å². The molecule has 10 heteroatoms. The number of hydrogen-bond acceptors (Lipinski definition) is 8. The highest BCUT2D eigenvalue weighted by atomic mass is 32.2. The van der Waals surface area contributed by atoms with Gasteiger partial charge >= 0.3 is 0 Å². The molecule has 0 aliphatic heterocycles. The van der Waals surface area contributed by atoms with E-state index in [0.29, 0.717) is 11.3 Å². The largest absolute Gasteiger partial charge is 0.414 e. The monoisotopic (exact) mass is 528 g/mol. The molecule has 192 valence electrons. The van der Waals surface area contributed by atoms with Crippen molar-refractivity contribution in [1.82, 2.24) is 9.97 Å². The zero-order chi connectivity index (χ0) is 25.5. The molecule has 0 amide bonds. The normalized spacial score (nSPS) is 22.6. The average molecular weight is 529 g/mol. The van der Waals surface area contributed by atoms with Crippen LogP contribution in [0.1, 0.15) is 65.9 Å². The van der Waals surface area contributed by atoms with Crippen LogP contribution in [0, 0.1) is 5.92 Å². The van der Waals surface area contributed by atoms with Crippen molar-refractivity contribution >= 4 is 39.7 Å². The molecular formula is C24H40N2O5S2Si. The molecular weight excluding hydrogens is 488 g/mol. The lowest BCUT2D eigenvalue weighted by Gasteiger charge is -2.39. The Kier molecular flexibility index (Phi) is 8.02. The fourth-order valence-corrected chi connectivity index (χ4v) is 8.08. The first-order chi connectivity index (χ1) is 15.6. The summed E-state index contributed by atoms with van der Waals surface area (Å²) in [7, 11) is -3.93. The summed E-state index contributed by atoms with van der Waals surface area (Å²) in [5.41, 5.74) is 1.84. The number of methoxy groups -OCH3 is 1. The van der Waals surface area contributed by atoms with Crippen molar-refractivity contribution in [3.05, 3.63) is 17.3 Å². The molecule has 2 heterocycles. The van der Waals surface area contributed by atoms with Gasteiger partial charge in [0.25, 0.3) is 0 Å². The third-order valence-corrected chi connectivity index (χ3v) is 15.3. The molecule has 1 saturated carbocycles. The fraction of sp³-hybridized carbons (Fsp3) is 0.750. The average Bonchev–Trinajstić information content (AvgIpc) is 3.30. The second-order valence-corrected chi connectivity index (χ2v) is 20.0. The van der Waals surface area contributed by atoms with Crippen molar-refractivity contribution in [2.75, 3.05) is 20.5 Å². The van der Waals surface area contributed by atoms with Crippen LogP contribution in [0.15, 0.2) is 16.7 Å². The van der Waals surface area contributed by atoms with Gasteiger partial charge in [-0.25, -0.2) is 18.4 Å². The number of aromatic nitrogens is 2. The molecule has 2 aromatic rings. The molecule has 0 saturated heterocycles. The zero-order valence-electron chi connectivity index (χ0n) is 22.0. The van der Waals surface area contributed by atoms with Gasteiger partial charge in [0, 0.05) is 13.0 Å². The van der Waals surface area contributed by atoms with Crippen molar-refractivity contribution < 1.29 is 22.3 Å². The Bertz CT molecular complexity index is 1100. The van der Waals surface area contributed by atoms with Crippen LogP contribution in [-0.2, 0) is 23.7 Å². The highest BCUT2D eigenvalue weighted by Gasteiger charge is 2.45. The van der Waals surface area contributed by atoms with E-state index in [2.05, 4.69) is 49.2 Å². The first-order valence-corrected chi connectivity index (χ1v) is 17.1. The van der Waals surface area contributed by atoms with Crippen LogP contribution >= 0.6 is 11.3 Å². The molecule has 0 spiro atoms. The third-order valence-electron chi connectivity index (χ3n) is 7.26. The molecule has 34 heavy (non-hydrogen) atoms. The van der Waals surface area contributed by atoms with Gasteiger partial charge in [-0.2, -0.15) is 0 Å². The van der Waals surface area contributed by atoms with E-state index in [1.807, 2.05) is 0 Å². The van der Waals surface area contributed by atoms with Gasteiger partial charge in [-0.05, 0) is 68.6 Å². The molecule has 3 atom stereocenters. The van der Waals surface area contributed by atoms with Crippen LogP contribution in [0.2, 0.25) is 18.1 Å². The summed E-state index contributed by atoms with van der Waals surface area (Å²) in [6.45, 7) is 17.3. The lowest BCUT2D eigenvalue weighted by Crippen LogP contribution is -2.45. The Morgan fingerprint density at radius 3 is 2.38 bits per heavy atom. The van der Waals surface area contributed by atoms with Crippen molar-refractivity contribution in [2.45, 2.75) is 94.3 Å². The summed E-state index contributed by atoms with van der Waals surface area (Å²) >= 11 is 1.42. The summed E-state index contributed by atoms with van der Waals surface area (Å²) in [4.78, 5) is 8.73. The Hall–Kier alpha value is -0.913. The number of fused-ring (bicyclic) bond motifs is 1. The van der Waals surface area contributed by atoms with Gasteiger partial charge in [0.2, 0.25) is 9.84 Å². The van der Waals surface area contributed by atoms with Crippen LogP contribution in [0.4, 0.5) is 0 Å². The van der Waals surface area contributed by atoms with E-state index in [1.165, 1.54) is 17.7 Å². The van der Waals surface area contributed by atoms with E-state index in [4.69, 9.17) is 13.9 Å². The molecule has 1 fully saturated rings. The smallest absolute Gasteiger partial charge is 0.202 e. The molecule has 1 aliphatic carbocycles. The molecule has 0 unspecified atom stereocenters. The molecule has 2 aromatic heterocycles. The first-order valence-electron chi connectivity index (χ1n) is 11.8. The minimum atomic E-state index is -3.58. The van der Waals surface area contributed by atoms with E-state index in [-0.39, 0.29) is 34.8 Å². The van der Waals surface area contributed by atoms with Gasteiger partial charge in [-0.3, -0.25) is 0 Å². The predicted molar refractivity (Wildman–Crippen MR) is 140 cm³/mol. The van der Waals surface area contributed by atoms with Gasteiger partial charge in [0.05, 0.1) is 27.7 Å². The van der Waals surface area contributed by atoms with Gasteiger partial charge in [0.1, 0.15) is 13.1 Å². The minimum Gasteiger partial charge on any atom is -0.414 e. The molecule has 0 radical (unpaired) electrons. The van der Waals surface area contributed by atoms with Gasteiger partial charge < -0.3 is 13.9 Å². The van der Waals surface area contributed by atoms with E-state index in [1.54, 1.807) is 27.9 Å². The zero-order valence-corrected chi connectivity index (χ0v) is 24.6. The molecule has 7 nitrogen and oxygen atoms in total. The van der Waals surface area contributed by atoms with E-state index < -0.39 is 22.9 Å².